The summed E-state index contributed by atoms with van der Waals surface area (Å²) in [5, 5.41) is 0. The van der Waals surface area contributed by atoms with Crippen LogP contribution < -0.4 is 0 Å². The Kier molecular flexibility index (Phi) is 4.13. The van der Waals surface area contributed by atoms with Crippen LogP contribution in [-0.4, -0.2) is 19.4 Å². The largest absolute Gasteiger partial charge is 0.465 e. The molecule has 2 aromatic rings. The van der Waals surface area contributed by atoms with Crippen molar-refractivity contribution in [3.05, 3.63) is 46.3 Å². The molecule has 0 unspecified atom stereocenters. The lowest BCUT2D eigenvalue weighted by atomic mass is 10.0. The molecule has 3 nitrogen and oxygen atoms in total. The summed E-state index contributed by atoms with van der Waals surface area (Å²) in [4.78, 5) is 23.2. The third kappa shape index (κ3) is 3.13. The summed E-state index contributed by atoms with van der Waals surface area (Å²) in [6.07, 6.45) is -4.00. The molecule has 0 fully saturated rings. The monoisotopic (exact) mass is 314 g/mol. The topological polar surface area (TPSA) is 43.4 Å². The third-order valence-electron chi connectivity index (χ3n) is 2.76. The molecule has 0 saturated heterocycles. The van der Waals surface area contributed by atoms with E-state index in [9.17, 15) is 22.8 Å². The van der Waals surface area contributed by atoms with E-state index < -0.39 is 23.3 Å². The van der Waals surface area contributed by atoms with Gasteiger partial charge in [0.25, 0.3) is 0 Å². The van der Waals surface area contributed by atoms with E-state index in [0.29, 0.717) is 21.6 Å². The van der Waals surface area contributed by atoms with Crippen molar-refractivity contribution in [1.29, 1.82) is 0 Å². The van der Waals surface area contributed by atoms with Crippen molar-refractivity contribution < 1.29 is 27.5 Å². The summed E-state index contributed by atoms with van der Waals surface area (Å²) in [6, 6.07) is 6.38. The Morgan fingerprint density at radius 1 is 1.24 bits per heavy atom. The zero-order valence-electron chi connectivity index (χ0n) is 10.7. The lowest BCUT2D eigenvalue weighted by molar-refractivity contribution is -0.138. The number of halogens is 3. The average molecular weight is 314 g/mol. The molecule has 0 bridgehead atoms. The van der Waals surface area contributed by atoms with Gasteiger partial charge in [-0.2, -0.15) is 13.2 Å². The highest BCUT2D eigenvalue weighted by Crippen LogP contribution is 2.36. The molecule has 7 heteroatoms. The van der Waals surface area contributed by atoms with Gasteiger partial charge in [0, 0.05) is 4.88 Å². The third-order valence-corrected chi connectivity index (χ3v) is 3.82. The number of ether oxygens (including phenoxy) is 1. The number of carbonyl (C=O) groups is 2. The van der Waals surface area contributed by atoms with Crippen LogP contribution in [0, 0.1) is 0 Å². The molecule has 1 heterocycles. The Balaban J connectivity index is 2.56. The standard InChI is InChI=1S/C14H9F3O3S/c1-20-13(19)10-6-8(2-4-11(10)14(15,16)17)12-5-3-9(7-18)21-12/h2-7H,1H3. The highest BCUT2D eigenvalue weighted by atomic mass is 32.1. The molecule has 0 N–H and O–H groups in total. The van der Waals surface area contributed by atoms with Gasteiger partial charge in [0.05, 0.1) is 23.1 Å². The fourth-order valence-corrected chi connectivity index (χ4v) is 2.61. The number of esters is 1. The molecule has 110 valence electrons. The molecular weight excluding hydrogens is 305 g/mol. The molecule has 0 aliphatic carbocycles. The van der Waals surface area contributed by atoms with Crippen LogP contribution in [0.25, 0.3) is 10.4 Å². The van der Waals surface area contributed by atoms with E-state index in [2.05, 4.69) is 4.74 Å². The molecule has 1 aromatic carbocycles. The van der Waals surface area contributed by atoms with Crippen molar-refractivity contribution in [2.45, 2.75) is 6.18 Å². The summed E-state index contributed by atoms with van der Waals surface area (Å²) in [5.74, 6) is -1.06. The van der Waals surface area contributed by atoms with E-state index in [-0.39, 0.29) is 0 Å². The van der Waals surface area contributed by atoms with Crippen LogP contribution in [0.4, 0.5) is 13.2 Å². The number of rotatable bonds is 3. The lowest BCUT2D eigenvalue weighted by Gasteiger charge is -2.12. The normalized spacial score (nSPS) is 11.2. The van der Waals surface area contributed by atoms with Crippen LogP contribution in [0.1, 0.15) is 25.6 Å². The van der Waals surface area contributed by atoms with Crippen LogP contribution in [0.2, 0.25) is 0 Å². The van der Waals surface area contributed by atoms with E-state index in [4.69, 9.17) is 0 Å². The van der Waals surface area contributed by atoms with E-state index >= 15 is 0 Å². The molecular formula is C14H9F3O3S. The zero-order chi connectivity index (χ0) is 15.6. The maximum atomic E-state index is 12.9. The molecule has 0 spiro atoms. The van der Waals surface area contributed by atoms with Crippen LogP contribution in [-0.2, 0) is 10.9 Å². The SMILES string of the molecule is COC(=O)c1cc(-c2ccc(C=O)s2)ccc1C(F)(F)F. The van der Waals surface area contributed by atoms with E-state index in [0.717, 1.165) is 30.6 Å². The molecule has 1 aromatic heterocycles. The predicted octanol–water partition coefficient (Wildman–Crippen LogP) is 4.03. The van der Waals surface area contributed by atoms with E-state index in [1.54, 1.807) is 12.1 Å². The van der Waals surface area contributed by atoms with E-state index in [1.807, 2.05) is 0 Å². The fraction of sp³-hybridized carbons (Fsp3) is 0.143. The molecule has 0 radical (unpaired) electrons. The van der Waals surface area contributed by atoms with Gasteiger partial charge in [-0.15, -0.1) is 11.3 Å². The van der Waals surface area contributed by atoms with Crippen LogP contribution in [0.5, 0.6) is 0 Å². The minimum absolute atomic E-state index is 0.418. The summed E-state index contributed by atoms with van der Waals surface area (Å²) < 4.78 is 43.1. The summed E-state index contributed by atoms with van der Waals surface area (Å²) >= 11 is 1.13. The molecule has 21 heavy (non-hydrogen) atoms. The van der Waals surface area contributed by atoms with Gasteiger partial charge in [0.15, 0.2) is 6.29 Å². The molecule has 2 rings (SSSR count). The van der Waals surface area contributed by atoms with Crippen molar-refractivity contribution >= 4 is 23.6 Å². The first-order valence-corrected chi connectivity index (χ1v) is 6.53. The number of alkyl halides is 3. The molecule has 0 aliphatic rings. The van der Waals surface area contributed by atoms with Crippen molar-refractivity contribution in [2.75, 3.05) is 7.11 Å². The van der Waals surface area contributed by atoms with Gasteiger partial charge in [0.2, 0.25) is 0 Å². The Bertz CT molecular complexity index is 689. The van der Waals surface area contributed by atoms with Gasteiger partial charge >= 0.3 is 12.1 Å². The van der Waals surface area contributed by atoms with Crippen LogP contribution in [0.3, 0.4) is 0 Å². The number of hydrogen-bond acceptors (Lipinski definition) is 4. The van der Waals surface area contributed by atoms with Crippen molar-refractivity contribution in [3.63, 3.8) is 0 Å². The Labute approximate surface area is 122 Å². The van der Waals surface area contributed by atoms with Crippen molar-refractivity contribution in [2.24, 2.45) is 0 Å². The number of hydrogen-bond donors (Lipinski definition) is 0. The number of aldehydes is 1. The molecule has 0 amide bonds. The smallest absolute Gasteiger partial charge is 0.417 e. The second-order valence-corrected chi connectivity index (χ2v) is 5.18. The van der Waals surface area contributed by atoms with Crippen LogP contribution >= 0.6 is 11.3 Å². The van der Waals surface area contributed by atoms with Crippen LogP contribution in [0.15, 0.2) is 30.3 Å². The predicted molar refractivity (Wildman–Crippen MR) is 71.5 cm³/mol. The first kappa shape index (κ1) is 15.2. The number of thiophene rings is 1. The quantitative estimate of drug-likeness (QED) is 0.634. The highest BCUT2D eigenvalue weighted by Gasteiger charge is 2.35. The first-order valence-electron chi connectivity index (χ1n) is 5.71. The lowest BCUT2D eigenvalue weighted by Crippen LogP contribution is -2.14. The van der Waals surface area contributed by atoms with Gasteiger partial charge in [-0.05, 0) is 29.8 Å². The van der Waals surface area contributed by atoms with Gasteiger partial charge in [0.1, 0.15) is 0 Å². The minimum atomic E-state index is -4.65. The summed E-state index contributed by atoms with van der Waals surface area (Å²) in [5.41, 5.74) is -1.18. The number of carbonyl (C=O) groups excluding carboxylic acids is 2. The molecule has 0 aliphatic heterocycles. The zero-order valence-corrected chi connectivity index (χ0v) is 11.5. The van der Waals surface area contributed by atoms with Gasteiger partial charge in [-0.25, -0.2) is 4.79 Å². The maximum absolute atomic E-state index is 12.9. The Hall–Kier alpha value is -2.15. The van der Waals surface area contributed by atoms with Crippen molar-refractivity contribution in [1.82, 2.24) is 0 Å². The van der Waals surface area contributed by atoms with Crippen molar-refractivity contribution in [3.8, 4) is 10.4 Å². The Morgan fingerprint density at radius 2 is 1.95 bits per heavy atom. The second-order valence-electron chi connectivity index (χ2n) is 4.07. The fourth-order valence-electron chi connectivity index (χ4n) is 1.79. The number of methoxy groups -OCH3 is 1. The van der Waals surface area contributed by atoms with E-state index in [1.165, 1.54) is 6.07 Å². The molecule has 0 saturated carbocycles. The first-order chi connectivity index (χ1) is 9.86. The number of benzene rings is 1. The average Bonchev–Trinajstić information content (AvgIpc) is 2.93. The maximum Gasteiger partial charge on any atom is 0.417 e. The second kappa shape index (κ2) is 5.69. The summed E-state index contributed by atoms with van der Waals surface area (Å²) in [6.45, 7) is 0. The van der Waals surface area contributed by atoms with Gasteiger partial charge < -0.3 is 4.74 Å². The van der Waals surface area contributed by atoms with Gasteiger partial charge in [-0.1, -0.05) is 6.07 Å². The Morgan fingerprint density at radius 3 is 2.48 bits per heavy atom. The summed E-state index contributed by atoms with van der Waals surface area (Å²) in [7, 11) is 1.02. The van der Waals surface area contributed by atoms with Gasteiger partial charge in [-0.3, -0.25) is 4.79 Å². The minimum Gasteiger partial charge on any atom is -0.465 e. The molecule has 0 atom stereocenters. The highest BCUT2D eigenvalue weighted by molar-refractivity contribution is 7.17.